The van der Waals surface area contributed by atoms with Crippen LogP contribution in [0.1, 0.15) is 16.7 Å². The highest BCUT2D eigenvalue weighted by atomic mass is 35.5. The van der Waals surface area contributed by atoms with Crippen LogP contribution >= 0.6 is 11.6 Å². The summed E-state index contributed by atoms with van der Waals surface area (Å²) < 4.78 is 66.7. The van der Waals surface area contributed by atoms with Gasteiger partial charge in [0.15, 0.2) is 0 Å². The van der Waals surface area contributed by atoms with Crippen LogP contribution in [0, 0.1) is 0 Å². The second kappa shape index (κ2) is 7.96. The van der Waals surface area contributed by atoms with Gasteiger partial charge < -0.3 is 4.90 Å². The lowest BCUT2D eigenvalue weighted by atomic mass is 10.1. The minimum absolute atomic E-state index is 0.119. The molecule has 0 unspecified atom stereocenters. The highest BCUT2D eigenvalue weighted by Crippen LogP contribution is 2.35. The first-order valence-electron chi connectivity index (χ1n) is 7.58. The van der Waals surface area contributed by atoms with E-state index in [1.807, 2.05) is 31.1 Å². The number of alkyl halides is 3. The van der Waals surface area contributed by atoms with E-state index in [2.05, 4.69) is 4.72 Å². The monoisotopic (exact) mass is 406 g/mol. The van der Waals surface area contributed by atoms with E-state index in [1.165, 1.54) is 0 Å². The lowest BCUT2D eigenvalue weighted by Gasteiger charge is -2.16. The summed E-state index contributed by atoms with van der Waals surface area (Å²) in [7, 11) is -0.646. The molecular formula is C17H18ClF3N2O2S. The van der Waals surface area contributed by atoms with Gasteiger partial charge in [0.2, 0.25) is 10.0 Å². The summed E-state index contributed by atoms with van der Waals surface area (Å²) in [6.07, 6.45) is -4.84. The Morgan fingerprint density at radius 2 is 1.69 bits per heavy atom. The Morgan fingerprint density at radius 3 is 2.27 bits per heavy atom. The van der Waals surface area contributed by atoms with E-state index in [0.717, 1.165) is 17.7 Å². The van der Waals surface area contributed by atoms with Crippen LogP contribution in [0.5, 0.6) is 0 Å². The van der Waals surface area contributed by atoms with E-state index in [-0.39, 0.29) is 11.6 Å². The minimum atomic E-state index is -4.84. The van der Waals surface area contributed by atoms with E-state index in [1.54, 1.807) is 12.1 Å². The second-order valence-corrected chi connectivity index (χ2v) is 8.14. The number of rotatable bonds is 6. The first kappa shape index (κ1) is 20.7. The van der Waals surface area contributed by atoms with Gasteiger partial charge in [-0.15, -0.1) is 0 Å². The summed E-state index contributed by atoms with van der Waals surface area (Å²) in [4.78, 5) is 1.06. The van der Waals surface area contributed by atoms with Gasteiger partial charge in [-0.1, -0.05) is 35.9 Å². The zero-order valence-corrected chi connectivity index (χ0v) is 15.7. The molecule has 26 heavy (non-hydrogen) atoms. The Morgan fingerprint density at radius 1 is 1.08 bits per heavy atom. The van der Waals surface area contributed by atoms with Crippen molar-refractivity contribution in [1.29, 1.82) is 0 Å². The Hall–Kier alpha value is -1.61. The maximum absolute atomic E-state index is 13.2. The van der Waals surface area contributed by atoms with Crippen molar-refractivity contribution in [2.45, 2.75) is 24.2 Å². The van der Waals surface area contributed by atoms with Crippen molar-refractivity contribution in [3.63, 3.8) is 0 Å². The first-order chi connectivity index (χ1) is 12.0. The van der Waals surface area contributed by atoms with Crippen molar-refractivity contribution in [3.8, 4) is 0 Å². The zero-order valence-electron chi connectivity index (χ0n) is 14.1. The van der Waals surface area contributed by atoms with Gasteiger partial charge in [0.25, 0.3) is 0 Å². The normalized spacial score (nSPS) is 12.6. The second-order valence-electron chi connectivity index (χ2n) is 5.97. The average Bonchev–Trinajstić information content (AvgIpc) is 2.52. The SMILES string of the molecule is CN(C)Cc1ccccc1CNS(=O)(=O)c1ccc(Cl)cc1C(F)(F)F. The van der Waals surface area contributed by atoms with Gasteiger partial charge in [-0.05, 0) is 43.4 Å². The van der Waals surface area contributed by atoms with Crippen LogP contribution < -0.4 is 4.72 Å². The number of nitrogens with zero attached hydrogens (tertiary/aromatic N) is 1. The fourth-order valence-electron chi connectivity index (χ4n) is 2.43. The predicted octanol–water partition coefficient (Wildman–Crippen LogP) is 3.90. The molecule has 0 amide bonds. The molecule has 0 aliphatic carbocycles. The number of nitrogens with one attached hydrogen (secondary N) is 1. The maximum Gasteiger partial charge on any atom is 0.417 e. The lowest BCUT2D eigenvalue weighted by Crippen LogP contribution is -2.27. The molecule has 0 aliphatic heterocycles. The van der Waals surface area contributed by atoms with Gasteiger partial charge in [-0.2, -0.15) is 13.2 Å². The van der Waals surface area contributed by atoms with E-state index in [4.69, 9.17) is 11.6 Å². The van der Waals surface area contributed by atoms with Crippen LogP contribution in [0.25, 0.3) is 0 Å². The number of hydrogen-bond acceptors (Lipinski definition) is 3. The predicted molar refractivity (Wildman–Crippen MR) is 94.3 cm³/mol. The van der Waals surface area contributed by atoms with Gasteiger partial charge in [-0.3, -0.25) is 0 Å². The lowest BCUT2D eigenvalue weighted by molar-refractivity contribution is -0.139. The van der Waals surface area contributed by atoms with Gasteiger partial charge in [-0.25, -0.2) is 13.1 Å². The zero-order chi connectivity index (χ0) is 19.5. The molecule has 0 bridgehead atoms. The Bertz CT molecular complexity index is 884. The molecule has 0 saturated heterocycles. The summed E-state index contributed by atoms with van der Waals surface area (Å²) in [5, 5.41) is -0.187. The number of halogens is 4. The third-order valence-corrected chi connectivity index (χ3v) is 5.29. The molecule has 0 radical (unpaired) electrons. The molecule has 2 aromatic carbocycles. The molecule has 0 saturated carbocycles. The highest BCUT2D eigenvalue weighted by Gasteiger charge is 2.37. The standard InChI is InChI=1S/C17H18ClF3N2O2S/c1-23(2)11-13-6-4-3-5-12(13)10-22-26(24,25)16-8-7-14(18)9-15(16)17(19,20)21/h3-9,22H,10-11H2,1-2H3. The molecule has 0 fully saturated rings. The van der Waals surface area contributed by atoms with Crippen LogP contribution in [0.15, 0.2) is 47.4 Å². The van der Waals surface area contributed by atoms with Gasteiger partial charge in [0.05, 0.1) is 10.5 Å². The third kappa shape index (κ3) is 5.20. The number of benzene rings is 2. The molecule has 0 aliphatic rings. The van der Waals surface area contributed by atoms with Crippen LogP contribution in [-0.4, -0.2) is 27.4 Å². The van der Waals surface area contributed by atoms with Crippen LogP contribution in [0.2, 0.25) is 5.02 Å². The topological polar surface area (TPSA) is 49.4 Å². The van der Waals surface area contributed by atoms with Crippen LogP contribution in [-0.2, 0) is 29.3 Å². The molecule has 2 aromatic rings. The molecule has 0 atom stereocenters. The maximum atomic E-state index is 13.2. The fraction of sp³-hybridized carbons (Fsp3) is 0.294. The molecule has 4 nitrogen and oxygen atoms in total. The Kier molecular flexibility index (Phi) is 6.33. The van der Waals surface area contributed by atoms with E-state index >= 15 is 0 Å². The summed E-state index contributed by atoms with van der Waals surface area (Å²) in [5.74, 6) is 0. The minimum Gasteiger partial charge on any atom is -0.305 e. The largest absolute Gasteiger partial charge is 0.417 e. The van der Waals surface area contributed by atoms with Crippen molar-refractivity contribution in [1.82, 2.24) is 9.62 Å². The van der Waals surface area contributed by atoms with Crippen molar-refractivity contribution in [2.24, 2.45) is 0 Å². The molecule has 1 N–H and O–H groups in total. The summed E-state index contributed by atoms with van der Waals surface area (Å²) in [6.45, 7) is 0.457. The molecular weight excluding hydrogens is 389 g/mol. The van der Waals surface area contributed by atoms with Gasteiger partial charge >= 0.3 is 6.18 Å². The van der Waals surface area contributed by atoms with E-state index in [0.29, 0.717) is 18.2 Å². The molecule has 142 valence electrons. The average molecular weight is 407 g/mol. The van der Waals surface area contributed by atoms with Crippen molar-refractivity contribution in [2.75, 3.05) is 14.1 Å². The van der Waals surface area contributed by atoms with Crippen LogP contribution in [0.3, 0.4) is 0 Å². The smallest absolute Gasteiger partial charge is 0.305 e. The van der Waals surface area contributed by atoms with Crippen molar-refractivity contribution >= 4 is 21.6 Å². The van der Waals surface area contributed by atoms with E-state index in [9.17, 15) is 21.6 Å². The molecule has 0 aromatic heterocycles. The number of sulfonamides is 1. The molecule has 0 spiro atoms. The molecule has 0 heterocycles. The third-order valence-electron chi connectivity index (χ3n) is 3.59. The number of hydrogen-bond donors (Lipinski definition) is 1. The van der Waals surface area contributed by atoms with Crippen molar-refractivity contribution in [3.05, 3.63) is 64.2 Å². The Balaban J connectivity index is 2.32. The van der Waals surface area contributed by atoms with Crippen LogP contribution in [0.4, 0.5) is 13.2 Å². The van der Waals surface area contributed by atoms with E-state index < -0.39 is 26.7 Å². The molecule has 2 rings (SSSR count). The summed E-state index contributed by atoms with van der Waals surface area (Å²) in [6, 6.07) is 9.71. The van der Waals surface area contributed by atoms with Crippen molar-refractivity contribution < 1.29 is 21.6 Å². The highest BCUT2D eigenvalue weighted by molar-refractivity contribution is 7.89. The first-order valence-corrected chi connectivity index (χ1v) is 9.45. The summed E-state index contributed by atoms with van der Waals surface area (Å²) in [5.41, 5.74) is 0.277. The van der Waals surface area contributed by atoms with Gasteiger partial charge in [0.1, 0.15) is 0 Å². The van der Waals surface area contributed by atoms with Gasteiger partial charge in [0, 0.05) is 18.1 Å². The fourth-order valence-corrected chi connectivity index (χ4v) is 3.82. The Labute approximate surface area is 155 Å². The quantitative estimate of drug-likeness (QED) is 0.791. The molecule has 9 heteroatoms. The summed E-state index contributed by atoms with van der Waals surface area (Å²) >= 11 is 5.60.